The number of halogens is 6. The number of rotatable bonds is 7. The number of nitrogens with one attached hydrogen (secondary N) is 1. The minimum atomic E-state index is -5.24. The Kier molecular flexibility index (Phi) is 9.35. The average Bonchev–Trinajstić information content (AvgIpc) is 3.02. The summed E-state index contributed by atoms with van der Waals surface area (Å²) in [4.78, 5) is 17.0. The number of nitrogens with zero attached hydrogens (tertiary/aromatic N) is 3. The number of hydrogen-bond donors (Lipinski definition) is 1. The van der Waals surface area contributed by atoms with Crippen LogP contribution in [0, 0.1) is 0 Å². The van der Waals surface area contributed by atoms with Crippen LogP contribution in [0.25, 0.3) is 0 Å². The van der Waals surface area contributed by atoms with Gasteiger partial charge in [-0.1, -0.05) is 73.7 Å². The van der Waals surface area contributed by atoms with Crippen molar-refractivity contribution in [3.8, 4) is 0 Å². The van der Waals surface area contributed by atoms with Crippen molar-refractivity contribution in [2.75, 3.05) is 39.3 Å². The van der Waals surface area contributed by atoms with E-state index in [1.165, 1.54) is 0 Å². The van der Waals surface area contributed by atoms with Gasteiger partial charge in [0.2, 0.25) is 5.91 Å². The van der Waals surface area contributed by atoms with E-state index in [0.29, 0.717) is 57.7 Å². The number of hydrazine groups is 1. The number of carbonyl (C=O) groups excluding carboxylic acids is 1. The summed E-state index contributed by atoms with van der Waals surface area (Å²) in [7, 11) is 0. The van der Waals surface area contributed by atoms with Crippen molar-refractivity contribution in [2.24, 2.45) is 0 Å². The van der Waals surface area contributed by atoms with E-state index in [4.69, 9.17) is 0 Å². The highest BCUT2D eigenvalue weighted by Crippen LogP contribution is 2.45. The summed E-state index contributed by atoms with van der Waals surface area (Å²) in [6.07, 6.45) is -9.78. The summed E-state index contributed by atoms with van der Waals surface area (Å²) in [5.41, 5.74) is -3.38. The lowest BCUT2D eigenvalue weighted by Crippen LogP contribution is -2.70. The van der Waals surface area contributed by atoms with Crippen LogP contribution in [0.2, 0.25) is 0 Å². The topological polar surface area (TPSA) is 38.8 Å². The molecule has 3 aromatic carbocycles. The third-order valence-corrected chi connectivity index (χ3v) is 9.31. The maximum Gasteiger partial charge on any atom is 0.417 e. The molecule has 5 nitrogen and oxygen atoms in total. The number of alkyl halides is 6. The van der Waals surface area contributed by atoms with Crippen LogP contribution in [0.4, 0.5) is 26.3 Å². The molecular weight excluding hydrogens is 594 g/mol. The lowest BCUT2D eigenvalue weighted by Gasteiger charge is -2.58. The lowest BCUT2D eigenvalue weighted by atomic mass is 9.79. The van der Waals surface area contributed by atoms with E-state index in [2.05, 4.69) is 17.1 Å². The van der Waals surface area contributed by atoms with Gasteiger partial charge in [-0.2, -0.15) is 26.3 Å². The molecule has 1 amide bonds. The first kappa shape index (κ1) is 33.0. The van der Waals surface area contributed by atoms with Crippen LogP contribution in [-0.2, 0) is 34.6 Å². The zero-order valence-corrected chi connectivity index (χ0v) is 25.4. The Balaban J connectivity index is 1.66. The molecule has 5 rings (SSSR count). The van der Waals surface area contributed by atoms with Crippen molar-refractivity contribution in [3.05, 3.63) is 107 Å². The molecule has 0 spiro atoms. The Morgan fingerprint density at radius 3 is 1.96 bits per heavy atom. The van der Waals surface area contributed by atoms with Gasteiger partial charge in [0.15, 0.2) is 0 Å². The second kappa shape index (κ2) is 12.8. The Bertz CT molecular complexity index is 1460. The monoisotopic (exact) mass is 632 g/mol. The number of piperazine rings is 1. The van der Waals surface area contributed by atoms with Gasteiger partial charge in [-0.25, -0.2) is 5.01 Å². The number of carbonyl (C=O) groups is 1. The van der Waals surface area contributed by atoms with E-state index in [9.17, 15) is 31.1 Å². The minimum Gasteiger partial charge on any atom is -0.313 e. The Morgan fingerprint density at radius 1 is 0.822 bits per heavy atom. The first-order valence-electron chi connectivity index (χ1n) is 15.2. The van der Waals surface area contributed by atoms with E-state index < -0.39 is 46.9 Å². The summed E-state index contributed by atoms with van der Waals surface area (Å²) in [6.45, 7) is 7.84. The quantitative estimate of drug-likeness (QED) is 0.290. The highest BCUT2D eigenvalue weighted by atomic mass is 19.4. The largest absolute Gasteiger partial charge is 0.417 e. The molecule has 45 heavy (non-hydrogen) atoms. The fourth-order valence-electron chi connectivity index (χ4n) is 6.87. The SMILES string of the molecule is CCN1CCC(c2ccccc2)(N(C(=O)Cc2ccc(C(F)(F)F)c(C(F)(F)F)c2)N2CCNCC2(C)c2ccccc2)CC1. The molecule has 242 valence electrons. The molecular formula is C34H38F6N4O. The standard InChI is InChI=1S/C34H38F6N4O/c1-3-42-19-16-32(17-20-42,27-12-8-5-9-13-27)44(43-21-18-41-24-31(43,2)26-10-6-4-7-11-26)30(45)23-25-14-15-28(33(35,36)37)29(22-25)34(38,39)40/h4-15,22,41H,3,16-21,23-24H2,1-2H3. The smallest absolute Gasteiger partial charge is 0.313 e. The molecule has 0 saturated carbocycles. The minimum absolute atomic E-state index is 0.129. The molecule has 2 saturated heterocycles. The van der Waals surface area contributed by atoms with Gasteiger partial charge in [0, 0.05) is 32.7 Å². The van der Waals surface area contributed by atoms with E-state index in [1.54, 1.807) is 5.01 Å². The number of likely N-dealkylation sites (tertiary alicyclic amines) is 1. The van der Waals surface area contributed by atoms with Crippen molar-refractivity contribution in [3.63, 3.8) is 0 Å². The average molecular weight is 633 g/mol. The molecule has 11 heteroatoms. The molecule has 0 aromatic heterocycles. The van der Waals surface area contributed by atoms with Crippen LogP contribution in [0.3, 0.4) is 0 Å². The summed E-state index contributed by atoms with van der Waals surface area (Å²) in [6, 6.07) is 21.3. The maximum absolute atomic E-state index is 14.7. The van der Waals surface area contributed by atoms with E-state index in [1.807, 2.05) is 72.6 Å². The van der Waals surface area contributed by atoms with E-state index >= 15 is 0 Å². The molecule has 2 aliphatic rings. The van der Waals surface area contributed by atoms with E-state index in [0.717, 1.165) is 23.7 Å². The zero-order chi connectivity index (χ0) is 32.5. The van der Waals surface area contributed by atoms with Crippen molar-refractivity contribution in [1.82, 2.24) is 20.2 Å². The first-order chi connectivity index (χ1) is 21.3. The van der Waals surface area contributed by atoms with Crippen LogP contribution in [0.15, 0.2) is 78.9 Å². The third-order valence-electron chi connectivity index (χ3n) is 9.31. The van der Waals surface area contributed by atoms with Crippen molar-refractivity contribution in [2.45, 2.75) is 56.5 Å². The van der Waals surface area contributed by atoms with Crippen LogP contribution in [0.5, 0.6) is 0 Å². The second-order valence-corrected chi connectivity index (χ2v) is 12.0. The van der Waals surface area contributed by atoms with Gasteiger partial charge in [-0.15, -0.1) is 0 Å². The van der Waals surface area contributed by atoms with Gasteiger partial charge in [0.25, 0.3) is 0 Å². The van der Waals surface area contributed by atoms with Gasteiger partial charge < -0.3 is 10.2 Å². The van der Waals surface area contributed by atoms with Gasteiger partial charge in [0.1, 0.15) is 0 Å². The Labute approximate surface area is 259 Å². The second-order valence-electron chi connectivity index (χ2n) is 12.0. The normalized spacial score (nSPS) is 21.4. The van der Waals surface area contributed by atoms with E-state index in [-0.39, 0.29) is 5.56 Å². The Hall–Kier alpha value is -3.41. The summed E-state index contributed by atoms with van der Waals surface area (Å²) >= 11 is 0. The third kappa shape index (κ3) is 6.62. The predicted octanol–water partition coefficient (Wildman–Crippen LogP) is 6.84. The lowest BCUT2D eigenvalue weighted by molar-refractivity contribution is -0.203. The molecule has 3 aromatic rings. The number of benzene rings is 3. The summed E-state index contributed by atoms with van der Waals surface area (Å²) in [5, 5.41) is 7.25. The maximum atomic E-state index is 14.7. The fraction of sp³-hybridized carbons (Fsp3) is 0.441. The molecule has 0 aliphatic carbocycles. The van der Waals surface area contributed by atoms with Gasteiger partial charge in [-0.3, -0.25) is 9.80 Å². The van der Waals surface area contributed by atoms with Crippen molar-refractivity contribution < 1.29 is 31.1 Å². The molecule has 2 heterocycles. The van der Waals surface area contributed by atoms with Crippen LogP contribution >= 0.6 is 0 Å². The van der Waals surface area contributed by atoms with Crippen molar-refractivity contribution in [1.29, 1.82) is 0 Å². The highest BCUT2D eigenvalue weighted by molar-refractivity contribution is 5.80. The van der Waals surface area contributed by atoms with Crippen LogP contribution in [-0.4, -0.2) is 60.1 Å². The molecule has 2 fully saturated rings. The molecule has 1 unspecified atom stereocenters. The number of amides is 1. The molecule has 1 atom stereocenters. The fourth-order valence-corrected chi connectivity index (χ4v) is 6.87. The van der Waals surface area contributed by atoms with Crippen LogP contribution < -0.4 is 5.32 Å². The summed E-state index contributed by atoms with van der Waals surface area (Å²) in [5.74, 6) is -0.472. The van der Waals surface area contributed by atoms with Gasteiger partial charge in [0.05, 0.1) is 28.6 Å². The first-order valence-corrected chi connectivity index (χ1v) is 15.2. The number of piperidine rings is 1. The highest BCUT2D eigenvalue weighted by Gasteiger charge is 2.51. The molecule has 2 aliphatic heterocycles. The van der Waals surface area contributed by atoms with Crippen LogP contribution in [0.1, 0.15) is 54.5 Å². The summed E-state index contributed by atoms with van der Waals surface area (Å²) < 4.78 is 82.2. The molecule has 1 N–H and O–H groups in total. The number of hydrogen-bond acceptors (Lipinski definition) is 4. The van der Waals surface area contributed by atoms with Gasteiger partial charge in [-0.05, 0) is 55.1 Å². The molecule has 0 bridgehead atoms. The Morgan fingerprint density at radius 2 is 1.40 bits per heavy atom. The predicted molar refractivity (Wildman–Crippen MR) is 160 cm³/mol. The zero-order valence-electron chi connectivity index (χ0n) is 25.4. The van der Waals surface area contributed by atoms with Gasteiger partial charge >= 0.3 is 12.4 Å². The molecule has 0 radical (unpaired) electrons. The van der Waals surface area contributed by atoms with Crippen molar-refractivity contribution >= 4 is 5.91 Å².